The lowest BCUT2D eigenvalue weighted by Crippen LogP contribution is -2.39. The first kappa shape index (κ1) is 10.8. The number of nitrogens with two attached hydrogens (primary N) is 1. The van der Waals surface area contributed by atoms with Crippen molar-refractivity contribution in [2.24, 2.45) is 5.73 Å². The molecule has 1 aromatic rings. The Bertz CT molecular complexity index is 320. The van der Waals surface area contributed by atoms with E-state index in [0.29, 0.717) is 6.54 Å². The molecule has 1 heterocycles. The molecule has 0 aliphatic rings. The van der Waals surface area contributed by atoms with Crippen LogP contribution in [0.3, 0.4) is 0 Å². The summed E-state index contributed by atoms with van der Waals surface area (Å²) in [6, 6.07) is 3.53. The van der Waals surface area contributed by atoms with Gasteiger partial charge in [-0.15, -0.1) is 0 Å². The predicted octanol–water partition coefficient (Wildman–Crippen LogP) is 0.894. The molecule has 0 bridgehead atoms. The molecule has 0 spiro atoms. The lowest BCUT2D eigenvalue weighted by molar-refractivity contribution is -0.122. The lowest BCUT2D eigenvalue weighted by Gasteiger charge is -2.20. The van der Waals surface area contributed by atoms with Crippen molar-refractivity contribution in [2.45, 2.75) is 26.4 Å². The monoisotopic (exact) mass is 196 g/mol. The molecular weight excluding hydrogens is 180 g/mol. The molecule has 78 valence electrons. The number of likely N-dealkylation sites (N-methyl/N-ethyl adjacent to an activating group) is 1. The number of hydrogen-bond acceptors (Lipinski definition) is 3. The van der Waals surface area contributed by atoms with Crippen LogP contribution in [0.15, 0.2) is 16.5 Å². The van der Waals surface area contributed by atoms with Crippen molar-refractivity contribution in [1.29, 1.82) is 0 Å². The standard InChI is InChI=1S/C10H16N2O2/c1-7-4-5-9(14-7)6-12(3)8(2)10(11)13/h4-5,8H,6H2,1-3H3,(H2,11,13)/t8-/m1/s1. The molecule has 0 saturated carbocycles. The molecule has 14 heavy (non-hydrogen) atoms. The van der Waals surface area contributed by atoms with E-state index in [2.05, 4.69) is 0 Å². The minimum atomic E-state index is -0.323. The fourth-order valence-corrected chi connectivity index (χ4v) is 1.17. The van der Waals surface area contributed by atoms with Crippen LogP contribution in [0, 0.1) is 6.92 Å². The number of nitrogens with zero attached hydrogens (tertiary/aromatic N) is 1. The number of amides is 1. The van der Waals surface area contributed by atoms with Gasteiger partial charge in [-0.3, -0.25) is 9.69 Å². The molecular formula is C10H16N2O2. The summed E-state index contributed by atoms with van der Waals surface area (Å²) in [5.41, 5.74) is 5.18. The second-order valence-corrected chi connectivity index (χ2v) is 3.51. The number of carbonyl (C=O) groups is 1. The minimum absolute atomic E-state index is 0.277. The van der Waals surface area contributed by atoms with Gasteiger partial charge in [0.15, 0.2) is 0 Å². The Morgan fingerprint density at radius 1 is 1.64 bits per heavy atom. The smallest absolute Gasteiger partial charge is 0.234 e. The Kier molecular flexibility index (Phi) is 3.30. The van der Waals surface area contributed by atoms with E-state index >= 15 is 0 Å². The van der Waals surface area contributed by atoms with Crippen LogP contribution in [0.25, 0.3) is 0 Å². The average molecular weight is 196 g/mol. The zero-order valence-electron chi connectivity index (χ0n) is 8.78. The van der Waals surface area contributed by atoms with Crippen molar-refractivity contribution < 1.29 is 9.21 Å². The lowest BCUT2D eigenvalue weighted by atomic mass is 10.3. The van der Waals surface area contributed by atoms with E-state index in [4.69, 9.17) is 10.2 Å². The van der Waals surface area contributed by atoms with E-state index < -0.39 is 0 Å². The van der Waals surface area contributed by atoms with Crippen LogP contribution in [0.4, 0.5) is 0 Å². The molecule has 0 aliphatic carbocycles. The molecule has 0 saturated heterocycles. The Hall–Kier alpha value is -1.29. The second kappa shape index (κ2) is 4.28. The summed E-state index contributed by atoms with van der Waals surface area (Å²) in [5.74, 6) is 1.40. The van der Waals surface area contributed by atoms with Crippen molar-refractivity contribution >= 4 is 5.91 Å². The SMILES string of the molecule is Cc1ccc(CN(C)[C@H](C)C(N)=O)o1. The maximum atomic E-state index is 10.9. The topological polar surface area (TPSA) is 59.5 Å². The third-order valence-electron chi connectivity index (χ3n) is 2.27. The maximum Gasteiger partial charge on any atom is 0.234 e. The molecule has 0 unspecified atom stereocenters. The predicted molar refractivity (Wildman–Crippen MR) is 53.6 cm³/mol. The molecule has 0 aliphatic heterocycles. The summed E-state index contributed by atoms with van der Waals surface area (Å²) < 4.78 is 5.39. The largest absolute Gasteiger partial charge is 0.465 e. The fraction of sp³-hybridized carbons (Fsp3) is 0.500. The number of carbonyl (C=O) groups excluding carboxylic acids is 1. The second-order valence-electron chi connectivity index (χ2n) is 3.51. The molecule has 1 atom stereocenters. The van der Waals surface area contributed by atoms with Gasteiger partial charge in [0.2, 0.25) is 5.91 Å². The Morgan fingerprint density at radius 3 is 2.71 bits per heavy atom. The first-order chi connectivity index (χ1) is 6.50. The van der Waals surface area contributed by atoms with E-state index in [9.17, 15) is 4.79 Å². The molecule has 1 aromatic heterocycles. The van der Waals surface area contributed by atoms with Gasteiger partial charge < -0.3 is 10.2 Å². The Balaban J connectivity index is 2.56. The first-order valence-corrected chi connectivity index (χ1v) is 4.55. The van der Waals surface area contributed by atoms with E-state index in [0.717, 1.165) is 11.5 Å². The van der Waals surface area contributed by atoms with Gasteiger partial charge in [0.25, 0.3) is 0 Å². The third-order valence-corrected chi connectivity index (χ3v) is 2.27. The Labute approximate surface area is 83.7 Å². The van der Waals surface area contributed by atoms with Crippen molar-refractivity contribution in [3.05, 3.63) is 23.7 Å². The molecule has 0 fully saturated rings. The van der Waals surface area contributed by atoms with Gasteiger partial charge in [-0.05, 0) is 33.0 Å². The van der Waals surface area contributed by atoms with Gasteiger partial charge >= 0.3 is 0 Å². The number of hydrogen-bond donors (Lipinski definition) is 1. The minimum Gasteiger partial charge on any atom is -0.465 e. The molecule has 4 heteroatoms. The highest BCUT2D eigenvalue weighted by molar-refractivity contribution is 5.79. The van der Waals surface area contributed by atoms with Gasteiger partial charge in [0.05, 0.1) is 12.6 Å². The van der Waals surface area contributed by atoms with Gasteiger partial charge in [-0.2, -0.15) is 0 Å². The van der Waals surface area contributed by atoms with Crippen LogP contribution < -0.4 is 5.73 Å². The number of primary amides is 1. The highest BCUT2D eigenvalue weighted by Crippen LogP contribution is 2.09. The number of rotatable bonds is 4. The van der Waals surface area contributed by atoms with Crippen LogP contribution in [-0.2, 0) is 11.3 Å². The molecule has 1 rings (SSSR count). The van der Waals surface area contributed by atoms with Crippen molar-refractivity contribution in [3.63, 3.8) is 0 Å². The summed E-state index contributed by atoms with van der Waals surface area (Å²) in [6.07, 6.45) is 0. The van der Waals surface area contributed by atoms with Crippen molar-refractivity contribution in [2.75, 3.05) is 7.05 Å². The zero-order valence-corrected chi connectivity index (χ0v) is 8.78. The van der Waals surface area contributed by atoms with Gasteiger partial charge in [0, 0.05) is 0 Å². The molecule has 0 radical (unpaired) electrons. The quantitative estimate of drug-likeness (QED) is 0.778. The van der Waals surface area contributed by atoms with E-state index in [-0.39, 0.29) is 11.9 Å². The average Bonchev–Trinajstić information content (AvgIpc) is 2.49. The highest BCUT2D eigenvalue weighted by atomic mass is 16.3. The number of aryl methyl sites for hydroxylation is 1. The van der Waals surface area contributed by atoms with Crippen LogP contribution in [-0.4, -0.2) is 23.9 Å². The van der Waals surface area contributed by atoms with Crippen LogP contribution >= 0.6 is 0 Å². The zero-order chi connectivity index (χ0) is 10.7. The fourth-order valence-electron chi connectivity index (χ4n) is 1.17. The summed E-state index contributed by atoms with van der Waals surface area (Å²) in [6.45, 7) is 4.26. The van der Waals surface area contributed by atoms with E-state index in [1.54, 1.807) is 6.92 Å². The van der Waals surface area contributed by atoms with Crippen LogP contribution in [0.2, 0.25) is 0 Å². The summed E-state index contributed by atoms with van der Waals surface area (Å²) in [5, 5.41) is 0. The van der Waals surface area contributed by atoms with E-state index in [1.165, 1.54) is 0 Å². The molecule has 4 nitrogen and oxygen atoms in total. The van der Waals surface area contributed by atoms with Gasteiger partial charge in [-0.1, -0.05) is 0 Å². The van der Waals surface area contributed by atoms with Crippen molar-refractivity contribution in [1.82, 2.24) is 4.90 Å². The first-order valence-electron chi connectivity index (χ1n) is 4.55. The Morgan fingerprint density at radius 2 is 2.29 bits per heavy atom. The number of furan rings is 1. The highest BCUT2D eigenvalue weighted by Gasteiger charge is 2.15. The summed E-state index contributed by atoms with van der Waals surface area (Å²) in [4.78, 5) is 12.7. The van der Waals surface area contributed by atoms with Gasteiger partial charge in [-0.25, -0.2) is 0 Å². The molecule has 1 amide bonds. The molecule has 0 aromatic carbocycles. The summed E-state index contributed by atoms with van der Waals surface area (Å²) >= 11 is 0. The van der Waals surface area contributed by atoms with Crippen molar-refractivity contribution in [3.8, 4) is 0 Å². The third kappa shape index (κ3) is 2.60. The molecule has 2 N–H and O–H groups in total. The maximum absolute atomic E-state index is 10.9. The van der Waals surface area contributed by atoms with Gasteiger partial charge in [0.1, 0.15) is 11.5 Å². The van der Waals surface area contributed by atoms with Crippen LogP contribution in [0.5, 0.6) is 0 Å². The normalized spacial score (nSPS) is 13.1. The summed E-state index contributed by atoms with van der Waals surface area (Å²) in [7, 11) is 1.84. The van der Waals surface area contributed by atoms with E-state index in [1.807, 2.05) is 31.0 Å². The van der Waals surface area contributed by atoms with Crippen LogP contribution in [0.1, 0.15) is 18.4 Å².